The van der Waals surface area contributed by atoms with Gasteiger partial charge in [0.05, 0.1) is 19.2 Å². The summed E-state index contributed by atoms with van der Waals surface area (Å²) in [4.78, 5) is 26.0. The second-order valence-electron chi connectivity index (χ2n) is 8.18. The first-order valence-corrected chi connectivity index (χ1v) is 9.45. The zero-order valence-corrected chi connectivity index (χ0v) is 16.7. The number of rotatable bonds is 4. The molecule has 6 heteroatoms. The lowest BCUT2D eigenvalue weighted by Gasteiger charge is -2.21. The van der Waals surface area contributed by atoms with E-state index in [1.54, 1.807) is 17.7 Å². The summed E-state index contributed by atoms with van der Waals surface area (Å²) in [6, 6.07) is 5.34. The Kier molecular flexibility index (Phi) is 5.18. The van der Waals surface area contributed by atoms with Gasteiger partial charge < -0.3 is 19.4 Å². The summed E-state index contributed by atoms with van der Waals surface area (Å²) in [5, 5.41) is 3.68. The standard InChI is InChI=1S/C21H28N2O4/c1-6-7-13-11-23-17-14(8-9-16(26-5)18(17)27-12-13)10-15(20(23)25)19(24)22-21(2,3)4/h8-10,13H,6-7,11-12H2,1-5H3,(H,22,24). The maximum absolute atomic E-state index is 13.2. The summed E-state index contributed by atoms with van der Waals surface area (Å²) in [6.07, 6.45) is 1.95. The van der Waals surface area contributed by atoms with Gasteiger partial charge in [-0.3, -0.25) is 9.59 Å². The highest BCUT2D eigenvalue weighted by molar-refractivity contribution is 5.99. The van der Waals surface area contributed by atoms with E-state index in [1.165, 1.54) is 0 Å². The highest BCUT2D eigenvalue weighted by Crippen LogP contribution is 2.37. The minimum absolute atomic E-state index is 0.158. The van der Waals surface area contributed by atoms with E-state index in [4.69, 9.17) is 9.47 Å². The fourth-order valence-electron chi connectivity index (χ4n) is 3.57. The first-order valence-electron chi connectivity index (χ1n) is 9.45. The Morgan fingerprint density at radius 2 is 2.11 bits per heavy atom. The van der Waals surface area contributed by atoms with Gasteiger partial charge in [-0.1, -0.05) is 13.3 Å². The van der Waals surface area contributed by atoms with Gasteiger partial charge in [-0.05, 0) is 45.4 Å². The van der Waals surface area contributed by atoms with E-state index in [1.807, 2.05) is 32.9 Å². The molecule has 0 saturated carbocycles. The number of nitrogens with zero attached hydrogens (tertiary/aromatic N) is 1. The van der Waals surface area contributed by atoms with E-state index in [0.717, 1.165) is 18.2 Å². The maximum atomic E-state index is 13.2. The number of pyridine rings is 1. The van der Waals surface area contributed by atoms with Crippen LogP contribution < -0.4 is 20.3 Å². The summed E-state index contributed by atoms with van der Waals surface area (Å²) in [7, 11) is 1.59. The molecule has 1 aliphatic rings. The highest BCUT2D eigenvalue weighted by atomic mass is 16.5. The number of benzene rings is 1. The van der Waals surface area contributed by atoms with Crippen LogP contribution in [0.1, 0.15) is 50.9 Å². The Morgan fingerprint density at radius 3 is 2.74 bits per heavy atom. The van der Waals surface area contributed by atoms with Crippen molar-refractivity contribution in [3.05, 3.63) is 34.1 Å². The average molecular weight is 372 g/mol. The number of ether oxygens (including phenoxy) is 2. The first-order chi connectivity index (χ1) is 12.7. The van der Waals surface area contributed by atoms with Crippen LogP contribution in [0.4, 0.5) is 0 Å². The second kappa shape index (κ2) is 7.25. The zero-order chi connectivity index (χ0) is 19.8. The molecule has 1 aromatic carbocycles. The summed E-state index contributed by atoms with van der Waals surface area (Å²) in [5.41, 5.74) is 0.150. The number of hydrogen-bond acceptors (Lipinski definition) is 4. The van der Waals surface area contributed by atoms with Crippen LogP contribution in [-0.2, 0) is 6.54 Å². The molecule has 3 rings (SSSR count). The SMILES string of the molecule is CCCC1COc2c(OC)ccc3cc(C(=O)NC(C)(C)C)c(=O)n(c23)C1. The van der Waals surface area contributed by atoms with Crippen LogP contribution in [-0.4, -0.2) is 29.7 Å². The van der Waals surface area contributed by atoms with Gasteiger partial charge >= 0.3 is 0 Å². The van der Waals surface area contributed by atoms with Crippen molar-refractivity contribution in [3.63, 3.8) is 0 Å². The largest absolute Gasteiger partial charge is 0.493 e. The lowest BCUT2D eigenvalue weighted by atomic mass is 10.0. The maximum Gasteiger partial charge on any atom is 0.264 e. The van der Waals surface area contributed by atoms with E-state index in [2.05, 4.69) is 12.2 Å². The van der Waals surface area contributed by atoms with Crippen LogP contribution in [0, 0.1) is 5.92 Å². The lowest BCUT2D eigenvalue weighted by Crippen LogP contribution is -2.43. The van der Waals surface area contributed by atoms with Crippen molar-refractivity contribution in [1.29, 1.82) is 0 Å². The van der Waals surface area contributed by atoms with Crippen molar-refractivity contribution in [2.24, 2.45) is 5.92 Å². The van der Waals surface area contributed by atoms with Crippen molar-refractivity contribution >= 4 is 16.8 Å². The fraction of sp³-hybridized carbons (Fsp3) is 0.524. The van der Waals surface area contributed by atoms with Crippen LogP contribution >= 0.6 is 0 Å². The number of aromatic nitrogens is 1. The smallest absolute Gasteiger partial charge is 0.264 e. The predicted octanol–water partition coefficient (Wildman–Crippen LogP) is 3.35. The van der Waals surface area contributed by atoms with E-state index < -0.39 is 5.54 Å². The van der Waals surface area contributed by atoms with Crippen molar-refractivity contribution in [3.8, 4) is 11.5 Å². The number of carbonyl (C=O) groups excluding carboxylic acids is 1. The molecule has 146 valence electrons. The quantitative estimate of drug-likeness (QED) is 0.894. The molecule has 1 aliphatic heterocycles. The molecule has 1 atom stereocenters. The first kappa shape index (κ1) is 19.3. The Labute approximate surface area is 159 Å². The predicted molar refractivity (Wildman–Crippen MR) is 106 cm³/mol. The minimum Gasteiger partial charge on any atom is -0.493 e. The molecule has 0 spiro atoms. The molecule has 1 N–H and O–H groups in total. The molecule has 1 amide bonds. The van der Waals surface area contributed by atoms with Crippen LogP contribution in [0.15, 0.2) is 23.0 Å². The molecule has 1 aromatic heterocycles. The summed E-state index contributed by atoms with van der Waals surface area (Å²) >= 11 is 0. The van der Waals surface area contributed by atoms with Crippen molar-refractivity contribution in [2.75, 3.05) is 13.7 Å². The molecule has 2 heterocycles. The molecule has 0 aliphatic carbocycles. The zero-order valence-electron chi connectivity index (χ0n) is 16.7. The van der Waals surface area contributed by atoms with Crippen molar-refractivity contribution in [2.45, 2.75) is 52.6 Å². The molecule has 0 bridgehead atoms. The van der Waals surface area contributed by atoms with Crippen molar-refractivity contribution in [1.82, 2.24) is 9.88 Å². The lowest BCUT2D eigenvalue weighted by molar-refractivity contribution is 0.0917. The molecule has 1 unspecified atom stereocenters. The molecular weight excluding hydrogens is 344 g/mol. The number of methoxy groups -OCH3 is 1. The Hall–Kier alpha value is -2.50. The Balaban J connectivity index is 2.23. The summed E-state index contributed by atoms with van der Waals surface area (Å²) in [6.45, 7) is 8.85. The van der Waals surface area contributed by atoms with E-state index in [0.29, 0.717) is 30.2 Å². The third-order valence-corrected chi connectivity index (χ3v) is 4.73. The highest BCUT2D eigenvalue weighted by Gasteiger charge is 2.26. The molecule has 2 aromatic rings. The third-order valence-electron chi connectivity index (χ3n) is 4.73. The number of amides is 1. The monoisotopic (exact) mass is 372 g/mol. The Bertz CT molecular complexity index is 924. The normalized spacial score (nSPS) is 16.6. The number of nitrogens with one attached hydrogen (secondary N) is 1. The summed E-state index contributed by atoms with van der Waals surface area (Å²) in [5.74, 6) is 1.02. The van der Waals surface area contributed by atoms with Crippen LogP contribution in [0.3, 0.4) is 0 Å². The fourth-order valence-corrected chi connectivity index (χ4v) is 3.57. The van der Waals surface area contributed by atoms with Gasteiger partial charge in [0.2, 0.25) is 0 Å². The van der Waals surface area contributed by atoms with Crippen LogP contribution in [0.2, 0.25) is 0 Å². The van der Waals surface area contributed by atoms with Gasteiger partial charge in [-0.25, -0.2) is 0 Å². The third kappa shape index (κ3) is 3.80. The molecule has 0 radical (unpaired) electrons. The molecule has 27 heavy (non-hydrogen) atoms. The molecule has 0 saturated heterocycles. The van der Waals surface area contributed by atoms with Gasteiger partial charge in [0.1, 0.15) is 5.56 Å². The van der Waals surface area contributed by atoms with E-state index >= 15 is 0 Å². The van der Waals surface area contributed by atoms with Gasteiger partial charge in [-0.15, -0.1) is 0 Å². The van der Waals surface area contributed by atoms with Crippen LogP contribution in [0.5, 0.6) is 11.5 Å². The number of carbonyl (C=O) groups is 1. The van der Waals surface area contributed by atoms with Gasteiger partial charge in [0.25, 0.3) is 11.5 Å². The number of hydrogen-bond donors (Lipinski definition) is 1. The van der Waals surface area contributed by atoms with Gasteiger partial charge in [0, 0.05) is 23.4 Å². The average Bonchev–Trinajstić information content (AvgIpc) is 2.78. The minimum atomic E-state index is -0.420. The van der Waals surface area contributed by atoms with E-state index in [9.17, 15) is 9.59 Å². The molecule has 0 fully saturated rings. The molecular formula is C21H28N2O4. The van der Waals surface area contributed by atoms with E-state index in [-0.39, 0.29) is 22.9 Å². The molecule has 6 nitrogen and oxygen atoms in total. The second-order valence-corrected chi connectivity index (χ2v) is 8.18. The summed E-state index contributed by atoms with van der Waals surface area (Å²) < 4.78 is 13.2. The van der Waals surface area contributed by atoms with Gasteiger partial charge in [0.15, 0.2) is 11.5 Å². The topological polar surface area (TPSA) is 69.6 Å². The Morgan fingerprint density at radius 1 is 1.37 bits per heavy atom. The van der Waals surface area contributed by atoms with Gasteiger partial charge in [-0.2, -0.15) is 0 Å². The van der Waals surface area contributed by atoms with Crippen molar-refractivity contribution < 1.29 is 14.3 Å². The van der Waals surface area contributed by atoms with Crippen LogP contribution in [0.25, 0.3) is 10.9 Å².